The van der Waals surface area contributed by atoms with Crippen LogP contribution in [-0.4, -0.2) is 10.2 Å². The van der Waals surface area contributed by atoms with Crippen LogP contribution in [0.1, 0.15) is 11.1 Å². The van der Waals surface area contributed by atoms with E-state index in [2.05, 4.69) is 6.07 Å². The zero-order valence-corrected chi connectivity index (χ0v) is 10.2. The fourth-order valence-electron chi connectivity index (χ4n) is 2.96. The Kier molecular flexibility index (Phi) is 1.93. The van der Waals surface area contributed by atoms with Crippen molar-refractivity contribution in [1.82, 2.24) is 0 Å². The van der Waals surface area contributed by atoms with Crippen LogP contribution in [0.5, 0.6) is 5.75 Å². The van der Waals surface area contributed by atoms with Crippen molar-refractivity contribution >= 4 is 29.0 Å². The number of rotatable bonds is 0. The lowest BCUT2D eigenvalue weighted by Crippen LogP contribution is -2.14. The molecule has 0 spiro atoms. The van der Waals surface area contributed by atoms with Crippen LogP contribution in [0, 0.1) is 0 Å². The number of aliphatic hydroxyl groups excluding tert-OH is 1. The molecule has 0 unspecified atom stereocenters. The molecule has 0 saturated heterocycles. The van der Waals surface area contributed by atoms with Gasteiger partial charge in [-0.2, -0.15) is 0 Å². The molecule has 19 heavy (non-hydrogen) atoms. The van der Waals surface area contributed by atoms with E-state index in [1.807, 2.05) is 30.4 Å². The third-order valence-electron chi connectivity index (χ3n) is 3.88. The lowest BCUT2D eigenvalue weighted by Gasteiger charge is -2.12. The Labute approximate surface area is 109 Å². The molecule has 2 aliphatic rings. The lowest BCUT2D eigenvalue weighted by molar-refractivity contribution is 0.438. The van der Waals surface area contributed by atoms with Gasteiger partial charge in [0.05, 0.1) is 0 Å². The van der Waals surface area contributed by atoms with Crippen LogP contribution in [0.3, 0.4) is 0 Å². The van der Waals surface area contributed by atoms with E-state index in [-0.39, 0.29) is 0 Å². The highest BCUT2D eigenvalue weighted by Crippen LogP contribution is 2.26. The topological polar surface area (TPSA) is 40.5 Å². The van der Waals surface area contributed by atoms with Crippen molar-refractivity contribution in [2.75, 3.05) is 0 Å². The Hall–Kier alpha value is -2.48. The molecule has 0 aromatic heterocycles. The van der Waals surface area contributed by atoms with E-state index in [9.17, 15) is 10.2 Å². The van der Waals surface area contributed by atoms with Gasteiger partial charge in [0.2, 0.25) is 0 Å². The summed E-state index contributed by atoms with van der Waals surface area (Å²) in [6, 6.07) is 5.93. The maximum Gasteiger partial charge on any atom is 0.124 e. The van der Waals surface area contributed by atoms with E-state index in [1.54, 1.807) is 12.2 Å². The summed E-state index contributed by atoms with van der Waals surface area (Å²) in [6.07, 6.45) is 10.2. The number of fused-ring (bicyclic) bond motifs is 5. The molecular formula is C17H12O2. The van der Waals surface area contributed by atoms with Gasteiger partial charge in [0.1, 0.15) is 11.5 Å². The fraction of sp³-hybridized carbons (Fsp3) is 0.0588. The molecule has 0 atom stereocenters. The van der Waals surface area contributed by atoms with Crippen molar-refractivity contribution in [1.29, 1.82) is 0 Å². The number of phenols is 1. The highest BCUT2D eigenvalue weighted by atomic mass is 16.3. The molecule has 0 fully saturated rings. The second kappa shape index (κ2) is 3.51. The van der Waals surface area contributed by atoms with Crippen LogP contribution in [-0.2, 0) is 6.42 Å². The molecule has 2 nitrogen and oxygen atoms in total. The number of benzene rings is 2. The number of allylic oxidation sites excluding steroid dienone is 3. The number of hydrogen-bond donors (Lipinski definition) is 2. The normalized spacial score (nSPS) is 15.5. The molecule has 2 heteroatoms. The molecule has 0 saturated carbocycles. The Bertz CT molecular complexity index is 899. The van der Waals surface area contributed by atoms with Crippen molar-refractivity contribution < 1.29 is 10.2 Å². The fourth-order valence-corrected chi connectivity index (χ4v) is 2.96. The zero-order chi connectivity index (χ0) is 13.0. The van der Waals surface area contributed by atoms with E-state index >= 15 is 0 Å². The van der Waals surface area contributed by atoms with E-state index in [0.717, 1.165) is 32.3 Å². The molecule has 0 aliphatic heterocycles. The van der Waals surface area contributed by atoms with Crippen molar-refractivity contribution in [3.8, 4) is 5.75 Å². The quantitative estimate of drug-likeness (QED) is 0.750. The van der Waals surface area contributed by atoms with Crippen LogP contribution in [0.4, 0.5) is 0 Å². The highest BCUT2D eigenvalue weighted by Gasteiger charge is 2.13. The van der Waals surface area contributed by atoms with Gasteiger partial charge >= 0.3 is 0 Å². The van der Waals surface area contributed by atoms with Gasteiger partial charge in [-0.25, -0.2) is 0 Å². The maximum atomic E-state index is 10.1. The Morgan fingerprint density at radius 1 is 1.05 bits per heavy atom. The van der Waals surface area contributed by atoms with Gasteiger partial charge in [0.25, 0.3) is 0 Å². The second-order valence-corrected chi connectivity index (χ2v) is 4.95. The molecule has 2 aromatic rings. The first-order chi connectivity index (χ1) is 9.24. The summed E-state index contributed by atoms with van der Waals surface area (Å²) in [4.78, 5) is 0. The van der Waals surface area contributed by atoms with Crippen molar-refractivity contribution in [3.63, 3.8) is 0 Å². The standard InChI is InChI=1S/C17H12O2/c18-11-5-7-12-10(8-11)4-6-14-13-2-1-3-15(13)17(19)9-16(12)14/h1-6,8-9,18-19H,7H2. The van der Waals surface area contributed by atoms with Crippen molar-refractivity contribution in [2.24, 2.45) is 0 Å². The zero-order valence-electron chi connectivity index (χ0n) is 10.2. The average molecular weight is 248 g/mol. The van der Waals surface area contributed by atoms with Crippen LogP contribution >= 0.6 is 0 Å². The van der Waals surface area contributed by atoms with Gasteiger partial charge in [-0.05, 0) is 51.8 Å². The summed E-state index contributed by atoms with van der Waals surface area (Å²) in [7, 11) is 0. The first-order valence-electron chi connectivity index (χ1n) is 6.31. The summed E-state index contributed by atoms with van der Waals surface area (Å²) in [5.74, 6) is 0.630. The van der Waals surface area contributed by atoms with Crippen LogP contribution in [0.25, 0.3) is 29.0 Å². The molecule has 4 rings (SSSR count). The molecule has 0 heterocycles. The van der Waals surface area contributed by atoms with E-state index in [4.69, 9.17) is 0 Å². The first-order valence-corrected chi connectivity index (χ1v) is 6.31. The van der Waals surface area contributed by atoms with Crippen LogP contribution in [0.2, 0.25) is 0 Å². The SMILES string of the molecule is OC1=CCc2c(ccc3c4c(c(O)cc23)=CC=C4)=C1. The molecule has 0 amide bonds. The molecule has 2 aromatic carbocycles. The van der Waals surface area contributed by atoms with Gasteiger partial charge < -0.3 is 10.2 Å². The number of aromatic hydroxyl groups is 1. The third-order valence-corrected chi connectivity index (χ3v) is 3.88. The minimum Gasteiger partial charge on any atom is -0.508 e. The molecule has 0 radical (unpaired) electrons. The summed E-state index contributed by atoms with van der Waals surface area (Å²) < 4.78 is 0. The summed E-state index contributed by atoms with van der Waals surface area (Å²) >= 11 is 0. The molecule has 2 N–H and O–H groups in total. The number of aliphatic hydroxyl groups is 1. The minimum absolute atomic E-state index is 0.311. The van der Waals surface area contributed by atoms with Gasteiger partial charge in [0.15, 0.2) is 0 Å². The van der Waals surface area contributed by atoms with E-state index in [0.29, 0.717) is 17.9 Å². The summed E-state index contributed by atoms with van der Waals surface area (Å²) in [6.45, 7) is 0. The van der Waals surface area contributed by atoms with Crippen molar-refractivity contribution in [2.45, 2.75) is 6.42 Å². The molecular weight excluding hydrogens is 236 g/mol. The molecule has 2 aliphatic carbocycles. The van der Waals surface area contributed by atoms with Crippen LogP contribution < -0.4 is 10.4 Å². The van der Waals surface area contributed by atoms with Gasteiger partial charge in [-0.3, -0.25) is 0 Å². The minimum atomic E-state index is 0.311. The average Bonchev–Trinajstić information content (AvgIpc) is 2.88. The Balaban J connectivity index is 2.20. The number of hydrogen-bond acceptors (Lipinski definition) is 2. The summed E-state index contributed by atoms with van der Waals surface area (Å²) in [5, 5.41) is 23.9. The highest BCUT2D eigenvalue weighted by molar-refractivity contribution is 5.97. The lowest BCUT2D eigenvalue weighted by atomic mass is 9.93. The maximum absolute atomic E-state index is 10.1. The largest absolute Gasteiger partial charge is 0.508 e. The predicted octanol–water partition coefficient (Wildman–Crippen LogP) is 2.13. The van der Waals surface area contributed by atoms with E-state index in [1.165, 1.54) is 0 Å². The first kappa shape index (κ1) is 10.4. The third kappa shape index (κ3) is 1.37. The van der Waals surface area contributed by atoms with Gasteiger partial charge in [-0.1, -0.05) is 30.4 Å². The smallest absolute Gasteiger partial charge is 0.124 e. The number of phenolic OH excluding ortho intramolecular Hbond substituents is 1. The van der Waals surface area contributed by atoms with Gasteiger partial charge in [-0.15, -0.1) is 0 Å². The second-order valence-electron chi connectivity index (χ2n) is 4.95. The van der Waals surface area contributed by atoms with Crippen LogP contribution in [0.15, 0.2) is 36.1 Å². The van der Waals surface area contributed by atoms with Crippen molar-refractivity contribution in [3.05, 3.63) is 57.7 Å². The summed E-state index contributed by atoms with van der Waals surface area (Å²) in [5.41, 5.74) is 2.24. The monoisotopic (exact) mass is 248 g/mol. The molecule has 0 bridgehead atoms. The van der Waals surface area contributed by atoms with Gasteiger partial charge in [0, 0.05) is 5.22 Å². The predicted molar refractivity (Wildman–Crippen MR) is 77.2 cm³/mol. The van der Waals surface area contributed by atoms with E-state index < -0.39 is 0 Å². The molecule has 92 valence electrons. The Morgan fingerprint density at radius 3 is 2.84 bits per heavy atom. The Morgan fingerprint density at radius 2 is 1.95 bits per heavy atom.